The molecule has 4 nitrogen and oxygen atoms in total. The van der Waals surface area contributed by atoms with Gasteiger partial charge in [-0.1, -0.05) is 72.3 Å². The minimum absolute atomic E-state index is 0.0335. The summed E-state index contributed by atoms with van der Waals surface area (Å²) in [5.74, 6) is -2.47. The van der Waals surface area contributed by atoms with Crippen molar-refractivity contribution in [3.63, 3.8) is 0 Å². The van der Waals surface area contributed by atoms with Crippen molar-refractivity contribution in [3.8, 4) is 0 Å². The lowest BCUT2D eigenvalue weighted by atomic mass is 9.98. The number of benzene rings is 2. The lowest BCUT2D eigenvalue weighted by Gasteiger charge is -2.20. The first kappa shape index (κ1) is 15.1. The molecule has 21 heavy (non-hydrogen) atoms. The second-order valence-electron chi connectivity index (χ2n) is 4.39. The van der Waals surface area contributed by atoms with Crippen LogP contribution in [0.1, 0.15) is 11.1 Å². The molecule has 0 spiro atoms. The average molecular weight is 305 g/mol. The SMILES string of the molecule is O=C(O)C(Cl)(C(=O)OCc1ccccc1)c1ccccc1. The molecule has 0 heterocycles. The molecule has 2 aromatic carbocycles. The number of carboxylic acid groups (broad SMARTS) is 1. The molecule has 0 fully saturated rings. The van der Waals surface area contributed by atoms with Crippen LogP contribution in [0.2, 0.25) is 0 Å². The summed E-state index contributed by atoms with van der Waals surface area (Å²) in [6, 6.07) is 16.8. The number of aliphatic carboxylic acids is 1. The average Bonchev–Trinajstić information content (AvgIpc) is 2.53. The van der Waals surface area contributed by atoms with E-state index < -0.39 is 16.8 Å². The molecular formula is C16H13ClO4. The zero-order chi connectivity index (χ0) is 15.3. The summed E-state index contributed by atoms with van der Waals surface area (Å²) in [6.07, 6.45) is 0. The van der Waals surface area contributed by atoms with Crippen molar-refractivity contribution < 1.29 is 19.4 Å². The van der Waals surface area contributed by atoms with E-state index in [1.54, 1.807) is 42.5 Å². The summed E-state index contributed by atoms with van der Waals surface area (Å²) in [4.78, 5) is 21.3. The van der Waals surface area contributed by atoms with E-state index in [2.05, 4.69) is 0 Å². The third-order valence-corrected chi connectivity index (χ3v) is 3.49. The molecule has 2 aromatic rings. The van der Waals surface area contributed by atoms with E-state index in [4.69, 9.17) is 16.3 Å². The quantitative estimate of drug-likeness (QED) is 0.524. The minimum Gasteiger partial charge on any atom is -0.479 e. The molecule has 0 aromatic heterocycles. The zero-order valence-corrected chi connectivity index (χ0v) is 11.8. The molecular weight excluding hydrogens is 292 g/mol. The van der Waals surface area contributed by atoms with Crippen LogP contribution >= 0.6 is 11.6 Å². The Labute approximate surface area is 126 Å². The Morgan fingerprint density at radius 1 is 1.00 bits per heavy atom. The third-order valence-electron chi connectivity index (χ3n) is 2.96. The first-order chi connectivity index (χ1) is 10.0. The fraction of sp³-hybridized carbons (Fsp3) is 0.125. The van der Waals surface area contributed by atoms with E-state index in [-0.39, 0.29) is 12.2 Å². The second kappa shape index (κ2) is 6.41. The van der Waals surface area contributed by atoms with Gasteiger partial charge in [0.1, 0.15) is 6.61 Å². The van der Waals surface area contributed by atoms with Crippen LogP contribution in [-0.4, -0.2) is 17.0 Å². The van der Waals surface area contributed by atoms with E-state index in [1.807, 2.05) is 6.07 Å². The second-order valence-corrected chi connectivity index (χ2v) is 4.96. The van der Waals surface area contributed by atoms with Crippen molar-refractivity contribution in [1.82, 2.24) is 0 Å². The molecule has 0 aliphatic carbocycles. The fourth-order valence-electron chi connectivity index (χ4n) is 1.82. The monoisotopic (exact) mass is 304 g/mol. The Morgan fingerprint density at radius 2 is 1.52 bits per heavy atom. The summed E-state index contributed by atoms with van der Waals surface area (Å²) in [5.41, 5.74) is 0.917. The van der Waals surface area contributed by atoms with Crippen LogP contribution in [0, 0.1) is 0 Å². The number of halogens is 1. The van der Waals surface area contributed by atoms with Gasteiger partial charge in [0.25, 0.3) is 4.87 Å². The van der Waals surface area contributed by atoms with Crippen LogP contribution in [0.5, 0.6) is 0 Å². The molecule has 1 N–H and O–H groups in total. The molecule has 1 atom stereocenters. The maximum atomic E-state index is 12.1. The first-order valence-corrected chi connectivity index (χ1v) is 6.62. The zero-order valence-electron chi connectivity index (χ0n) is 11.0. The van der Waals surface area contributed by atoms with Crippen molar-refractivity contribution in [2.75, 3.05) is 0 Å². The highest BCUT2D eigenvalue weighted by Gasteiger charge is 2.48. The Balaban J connectivity index is 2.19. The van der Waals surface area contributed by atoms with Gasteiger partial charge < -0.3 is 9.84 Å². The topological polar surface area (TPSA) is 63.6 Å². The number of esters is 1. The Morgan fingerprint density at radius 3 is 2.05 bits per heavy atom. The van der Waals surface area contributed by atoms with Crippen molar-refractivity contribution in [3.05, 3.63) is 71.8 Å². The summed E-state index contributed by atoms with van der Waals surface area (Å²) in [7, 11) is 0. The fourth-order valence-corrected chi connectivity index (χ4v) is 2.00. The highest BCUT2D eigenvalue weighted by molar-refractivity contribution is 6.44. The van der Waals surface area contributed by atoms with Gasteiger partial charge in [-0.2, -0.15) is 0 Å². The van der Waals surface area contributed by atoms with E-state index in [9.17, 15) is 14.7 Å². The summed E-state index contributed by atoms with van der Waals surface area (Å²) >= 11 is 6.04. The Bertz CT molecular complexity index is 627. The van der Waals surface area contributed by atoms with Gasteiger partial charge in [0, 0.05) is 0 Å². The summed E-state index contributed by atoms with van der Waals surface area (Å²) in [6.45, 7) is -0.0335. The van der Waals surface area contributed by atoms with Crippen LogP contribution in [-0.2, 0) is 25.8 Å². The van der Waals surface area contributed by atoms with Gasteiger partial charge >= 0.3 is 11.9 Å². The van der Waals surface area contributed by atoms with Gasteiger partial charge in [0.15, 0.2) is 0 Å². The number of hydrogen-bond acceptors (Lipinski definition) is 3. The smallest absolute Gasteiger partial charge is 0.343 e. The maximum absolute atomic E-state index is 12.1. The van der Waals surface area contributed by atoms with E-state index in [1.165, 1.54) is 12.1 Å². The molecule has 0 radical (unpaired) electrons. The van der Waals surface area contributed by atoms with Crippen molar-refractivity contribution in [1.29, 1.82) is 0 Å². The number of carbonyl (C=O) groups is 2. The molecule has 5 heteroatoms. The lowest BCUT2D eigenvalue weighted by Crippen LogP contribution is -2.39. The predicted molar refractivity (Wildman–Crippen MR) is 77.8 cm³/mol. The Hall–Kier alpha value is -2.33. The largest absolute Gasteiger partial charge is 0.479 e. The lowest BCUT2D eigenvalue weighted by molar-refractivity contribution is -0.157. The van der Waals surface area contributed by atoms with Gasteiger partial charge in [-0.15, -0.1) is 0 Å². The number of alkyl halides is 1. The number of ether oxygens (including phenoxy) is 1. The van der Waals surface area contributed by atoms with Crippen molar-refractivity contribution in [2.24, 2.45) is 0 Å². The number of rotatable bonds is 5. The molecule has 1 unspecified atom stereocenters. The van der Waals surface area contributed by atoms with E-state index >= 15 is 0 Å². The first-order valence-electron chi connectivity index (χ1n) is 6.24. The van der Waals surface area contributed by atoms with Gasteiger partial charge in [-0.25, -0.2) is 9.59 Å². The molecule has 0 saturated heterocycles. The normalized spacial score (nSPS) is 13.2. The molecule has 2 rings (SSSR count). The van der Waals surface area contributed by atoms with Crippen LogP contribution in [0.25, 0.3) is 0 Å². The molecule has 0 aliphatic rings. The van der Waals surface area contributed by atoms with E-state index in [0.717, 1.165) is 5.56 Å². The van der Waals surface area contributed by atoms with Crippen molar-refractivity contribution in [2.45, 2.75) is 11.5 Å². The highest BCUT2D eigenvalue weighted by Crippen LogP contribution is 2.31. The number of carbonyl (C=O) groups excluding carboxylic acids is 1. The summed E-state index contributed by atoms with van der Waals surface area (Å²) < 4.78 is 5.06. The van der Waals surface area contributed by atoms with Crippen molar-refractivity contribution >= 4 is 23.5 Å². The number of carboxylic acids is 1. The Kier molecular flexibility index (Phi) is 4.60. The van der Waals surface area contributed by atoms with Gasteiger partial charge in [-0.05, 0) is 11.1 Å². The van der Waals surface area contributed by atoms with Crippen LogP contribution in [0.3, 0.4) is 0 Å². The molecule has 108 valence electrons. The van der Waals surface area contributed by atoms with Gasteiger partial charge in [-0.3, -0.25) is 0 Å². The van der Waals surface area contributed by atoms with Crippen LogP contribution in [0.15, 0.2) is 60.7 Å². The third kappa shape index (κ3) is 3.23. The molecule has 0 amide bonds. The van der Waals surface area contributed by atoms with Gasteiger partial charge in [0.2, 0.25) is 0 Å². The molecule has 0 bridgehead atoms. The minimum atomic E-state index is -2.24. The molecule has 0 saturated carbocycles. The number of hydrogen-bond donors (Lipinski definition) is 1. The van der Waals surface area contributed by atoms with Crippen LogP contribution < -0.4 is 0 Å². The predicted octanol–water partition coefficient (Wildman–Crippen LogP) is 2.95. The molecule has 0 aliphatic heterocycles. The van der Waals surface area contributed by atoms with Gasteiger partial charge in [0.05, 0.1) is 0 Å². The van der Waals surface area contributed by atoms with Crippen LogP contribution in [0.4, 0.5) is 0 Å². The van der Waals surface area contributed by atoms with E-state index in [0.29, 0.717) is 0 Å². The highest BCUT2D eigenvalue weighted by atomic mass is 35.5. The standard InChI is InChI=1S/C16H13ClO4/c17-16(14(18)19,13-9-5-2-6-10-13)15(20)21-11-12-7-3-1-4-8-12/h1-10H,11H2,(H,18,19). The summed E-state index contributed by atoms with van der Waals surface area (Å²) in [5, 5.41) is 9.32. The maximum Gasteiger partial charge on any atom is 0.343 e.